The van der Waals surface area contributed by atoms with Gasteiger partial charge in [-0.05, 0) is 25.5 Å². The molecule has 3 rings (SSSR count). The second kappa shape index (κ2) is 4.50. The normalized spacial score (nSPS) is 23.4. The number of pyridine rings is 1. The second-order valence-corrected chi connectivity index (χ2v) is 4.75. The molecule has 1 fully saturated rings. The lowest BCUT2D eigenvalue weighted by atomic mass is 9.93. The monoisotopic (exact) mass is 241 g/mol. The summed E-state index contributed by atoms with van der Waals surface area (Å²) in [5.41, 5.74) is 1.61. The molecule has 2 aromatic rings. The molecule has 1 aliphatic rings. The molecule has 1 saturated heterocycles. The molecular weight excluding hydrogens is 226 g/mol. The number of carbonyl (C=O) groups is 1. The van der Waals surface area contributed by atoms with Crippen LogP contribution in [0.1, 0.15) is 23.7 Å². The number of benzene rings is 1. The minimum atomic E-state index is -0.0204. The topological polar surface area (TPSA) is 39.2 Å². The third-order valence-electron chi connectivity index (χ3n) is 3.59. The lowest BCUT2D eigenvalue weighted by molar-refractivity contribution is 0.0764. The maximum Gasteiger partial charge on any atom is 0.170 e. The summed E-state index contributed by atoms with van der Waals surface area (Å²) in [5, 5.41) is 1.01. The first kappa shape index (κ1) is 11.4. The van der Waals surface area contributed by atoms with Crippen LogP contribution >= 0.6 is 0 Å². The van der Waals surface area contributed by atoms with Crippen molar-refractivity contribution in [2.75, 3.05) is 6.61 Å². The number of fused-ring (bicyclic) bond motifs is 1. The molecule has 2 atom stereocenters. The van der Waals surface area contributed by atoms with E-state index in [2.05, 4.69) is 4.98 Å². The summed E-state index contributed by atoms with van der Waals surface area (Å²) in [5.74, 6) is 0.131. The first-order chi connectivity index (χ1) is 8.75. The third-order valence-corrected chi connectivity index (χ3v) is 3.59. The molecule has 3 nitrogen and oxygen atoms in total. The predicted octanol–water partition coefficient (Wildman–Crippen LogP) is 2.84. The van der Waals surface area contributed by atoms with E-state index in [1.807, 2.05) is 37.3 Å². The molecule has 0 saturated carbocycles. The summed E-state index contributed by atoms with van der Waals surface area (Å²) in [6.07, 6.45) is 2.51. The number of hydrogen-bond donors (Lipinski definition) is 0. The highest BCUT2D eigenvalue weighted by Crippen LogP contribution is 2.25. The van der Waals surface area contributed by atoms with Crippen LogP contribution in [0.3, 0.4) is 0 Å². The SMILES string of the molecule is CC1OCCC1C(=O)c1cnc2ccccc2c1. The van der Waals surface area contributed by atoms with Gasteiger partial charge in [-0.25, -0.2) is 0 Å². The molecule has 92 valence electrons. The van der Waals surface area contributed by atoms with Crippen molar-refractivity contribution in [1.82, 2.24) is 4.98 Å². The van der Waals surface area contributed by atoms with Crippen LogP contribution in [0.15, 0.2) is 36.5 Å². The van der Waals surface area contributed by atoms with Crippen LogP contribution in [0.2, 0.25) is 0 Å². The Hall–Kier alpha value is -1.74. The van der Waals surface area contributed by atoms with Crippen molar-refractivity contribution < 1.29 is 9.53 Å². The van der Waals surface area contributed by atoms with E-state index in [0.717, 1.165) is 17.3 Å². The molecule has 0 N–H and O–H groups in total. The quantitative estimate of drug-likeness (QED) is 0.759. The van der Waals surface area contributed by atoms with Gasteiger partial charge in [-0.15, -0.1) is 0 Å². The zero-order valence-electron chi connectivity index (χ0n) is 10.3. The Labute approximate surface area is 106 Å². The van der Waals surface area contributed by atoms with Gasteiger partial charge in [0.25, 0.3) is 0 Å². The zero-order chi connectivity index (χ0) is 12.5. The summed E-state index contributed by atoms with van der Waals surface area (Å²) in [7, 11) is 0. The molecule has 1 aromatic heterocycles. The third kappa shape index (κ3) is 1.91. The molecule has 0 bridgehead atoms. The molecule has 0 aliphatic carbocycles. The molecule has 3 heteroatoms. The van der Waals surface area contributed by atoms with Crippen molar-refractivity contribution >= 4 is 16.7 Å². The highest BCUT2D eigenvalue weighted by Gasteiger charge is 2.31. The van der Waals surface area contributed by atoms with Gasteiger partial charge >= 0.3 is 0 Å². The molecule has 1 aromatic carbocycles. The minimum Gasteiger partial charge on any atom is -0.378 e. The Bertz CT molecular complexity index is 594. The van der Waals surface area contributed by atoms with Gasteiger partial charge < -0.3 is 4.74 Å². The largest absolute Gasteiger partial charge is 0.378 e. The maximum absolute atomic E-state index is 12.4. The van der Waals surface area contributed by atoms with Gasteiger partial charge in [0.15, 0.2) is 5.78 Å². The fourth-order valence-electron chi connectivity index (χ4n) is 2.50. The van der Waals surface area contributed by atoms with Crippen molar-refractivity contribution in [3.63, 3.8) is 0 Å². The van der Waals surface area contributed by atoms with Crippen molar-refractivity contribution in [2.24, 2.45) is 5.92 Å². The fourth-order valence-corrected chi connectivity index (χ4v) is 2.50. The van der Waals surface area contributed by atoms with Crippen LogP contribution in [-0.4, -0.2) is 23.5 Å². The van der Waals surface area contributed by atoms with Crippen LogP contribution in [-0.2, 0) is 4.74 Å². The van der Waals surface area contributed by atoms with Gasteiger partial charge in [0.05, 0.1) is 17.5 Å². The maximum atomic E-state index is 12.4. The lowest BCUT2D eigenvalue weighted by Crippen LogP contribution is -2.21. The highest BCUT2D eigenvalue weighted by molar-refractivity contribution is 6.00. The molecule has 0 amide bonds. The number of aromatic nitrogens is 1. The molecule has 0 spiro atoms. The van der Waals surface area contributed by atoms with E-state index in [-0.39, 0.29) is 17.8 Å². The molecule has 2 heterocycles. The lowest BCUT2D eigenvalue weighted by Gasteiger charge is -2.12. The predicted molar refractivity (Wildman–Crippen MR) is 69.6 cm³/mol. The second-order valence-electron chi connectivity index (χ2n) is 4.75. The van der Waals surface area contributed by atoms with E-state index < -0.39 is 0 Å². The van der Waals surface area contributed by atoms with E-state index in [0.29, 0.717) is 12.2 Å². The molecule has 0 radical (unpaired) electrons. The van der Waals surface area contributed by atoms with E-state index in [1.54, 1.807) is 6.20 Å². The van der Waals surface area contributed by atoms with Gasteiger partial charge in [0, 0.05) is 23.8 Å². The summed E-state index contributed by atoms with van der Waals surface area (Å²) in [4.78, 5) is 16.7. The number of ether oxygens (including phenoxy) is 1. The number of ketones is 1. The van der Waals surface area contributed by atoms with Crippen molar-refractivity contribution in [3.05, 3.63) is 42.1 Å². The highest BCUT2D eigenvalue weighted by atomic mass is 16.5. The Balaban J connectivity index is 1.96. The van der Waals surface area contributed by atoms with Crippen molar-refractivity contribution in [2.45, 2.75) is 19.4 Å². The van der Waals surface area contributed by atoms with Gasteiger partial charge in [-0.3, -0.25) is 9.78 Å². The van der Waals surface area contributed by atoms with E-state index >= 15 is 0 Å². The summed E-state index contributed by atoms with van der Waals surface area (Å²) >= 11 is 0. The fraction of sp³-hybridized carbons (Fsp3) is 0.333. The Morgan fingerprint density at radius 1 is 1.39 bits per heavy atom. The van der Waals surface area contributed by atoms with Crippen molar-refractivity contribution in [1.29, 1.82) is 0 Å². The smallest absolute Gasteiger partial charge is 0.170 e. The van der Waals surface area contributed by atoms with Crippen LogP contribution < -0.4 is 0 Å². The van der Waals surface area contributed by atoms with Gasteiger partial charge in [-0.1, -0.05) is 18.2 Å². The van der Waals surface area contributed by atoms with Gasteiger partial charge in [0.2, 0.25) is 0 Å². The summed E-state index contributed by atoms with van der Waals surface area (Å²) in [6, 6.07) is 9.76. The van der Waals surface area contributed by atoms with Crippen LogP contribution in [0.4, 0.5) is 0 Å². The van der Waals surface area contributed by atoms with E-state index in [9.17, 15) is 4.79 Å². The number of carbonyl (C=O) groups excluding carboxylic acids is 1. The van der Waals surface area contributed by atoms with E-state index in [4.69, 9.17) is 4.74 Å². The average Bonchev–Trinajstić information content (AvgIpc) is 2.83. The molecule has 18 heavy (non-hydrogen) atoms. The number of rotatable bonds is 2. The molecule has 1 aliphatic heterocycles. The zero-order valence-corrected chi connectivity index (χ0v) is 10.3. The minimum absolute atomic E-state index is 0.0176. The van der Waals surface area contributed by atoms with Gasteiger partial charge in [-0.2, -0.15) is 0 Å². The van der Waals surface area contributed by atoms with Crippen LogP contribution in [0.5, 0.6) is 0 Å². The van der Waals surface area contributed by atoms with Crippen molar-refractivity contribution in [3.8, 4) is 0 Å². The number of hydrogen-bond acceptors (Lipinski definition) is 3. The summed E-state index contributed by atoms with van der Waals surface area (Å²) < 4.78 is 5.45. The Morgan fingerprint density at radius 2 is 2.22 bits per heavy atom. The number of nitrogens with zero attached hydrogens (tertiary/aromatic N) is 1. The summed E-state index contributed by atoms with van der Waals surface area (Å²) in [6.45, 7) is 2.64. The molecular formula is C15H15NO2. The molecule has 2 unspecified atom stereocenters. The Kier molecular flexibility index (Phi) is 2.84. The van der Waals surface area contributed by atoms with Crippen LogP contribution in [0.25, 0.3) is 10.9 Å². The Morgan fingerprint density at radius 3 is 3.00 bits per heavy atom. The standard InChI is InChI=1S/C15H15NO2/c1-10-13(6-7-18-10)15(17)12-8-11-4-2-3-5-14(11)16-9-12/h2-5,8-10,13H,6-7H2,1H3. The first-order valence-electron chi connectivity index (χ1n) is 6.26. The number of para-hydroxylation sites is 1. The average molecular weight is 241 g/mol. The number of Topliss-reactive ketones (excluding diaryl/α,β-unsaturated/α-hetero) is 1. The van der Waals surface area contributed by atoms with Crippen LogP contribution in [0, 0.1) is 5.92 Å². The first-order valence-corrected chi connectivity index (χ1v) is 6.26. The van der Waals surface area contributed by atoms with Gasteiger partial charge in [0.1, 0.15) is 0 Å². The van der Waals surface area contributed by atoms with E-state index in [1.165, 1.54) is 0 Å².